The molecule has 16 heavy (non-hydrogen) atoms. The number of anilines is 1. The molecule has 0 aliphatic heterocycles. The lowest BCUT2D eigenvalue weighted by atomic mass is 9.99. The Morgan fingerprint density at radius 1 is 1.38 bits per heavy atom. The topological polar surface area (TPSA) is 37.8 Å². The zero-order valence-electron chi connectivity index (χ0n) is 10.0. The maximum atomic E-state index is 5.79. The number of nitrogens with one attached hydrogen (secondary N) is 1. The molecule has 3 nitrogen and oxygen atoms in total. The second-order valence-electron chi connectivity index (χ2n) is 4.02. The number of unbranched alkanes of at least 4 members (excludes halogenated alkanes) is 1. The second-order valence-corrected chi connectivity index (χ2v) is 4.41. The van der Waals surface area contributed by atoms with Gasteiger partial charge >= 0.3 is 0 Å². The van der Waals surface area contributed by atoms with Crippen molar-refractivity contribution in [2.24, 2.45) is 5.92 Å². The molecule has 0 spiro atoms. The standard InChI is InChI=1S/C12H20ClN3/c1-3-5-6-10(4-2)8-14-12-7-11(13)15-9-16-12/h7,9-10H,3-6,8H2,1-2H3,(H,14,15,16)/t10-/m1/s1. The summed E-state index contributed by atoms with van der Waals surface area (Å²) in [6.07, 6.45) is 6.52. The van der Waals surface area contributed by atoms with Crippen molar-refractivity contribution >= 4 is 17.4 Å². The van der Waals surface area contributed by atoms with Crippen LogP contribution in [0.15, 0.2) is 12.4 Å². The summed E-state index contributed by atoms with van der Waals surface area (Å²) in [5.74, 6) is 1.53. The monoisotopic (exact) mass is 241 g/mol. The number of rotatable bonds is 7. The zero-order chi connectivity index (χ0) is 11.8. The van der Waals surface area contributed by atoms with Gasteiger partial charge in [-0.1, -0.05) is 44.7 Å². The quantitative estimate of drug-likeness (QED) is 0.739. The van der Waals surface area contributed by atoms with E-state index in [0.717, 1.165) is 12.4 Å². The third kappa shape index (κ3) is 4.79. The molecule has 0 aliphatic carbocycles. The molecule has 0 saturated heterocycles. The fraction of sp³-hybridized carbons (Fsp3) is 0.667. The molecule has 0 aliphatic rings. The zero-order valence-corrected chi connectivity index (χ0v) is 10.8. The number of aromatic nitrogens is 2. The predicted octanol–water partition coefficient (Wildman–Crippen LogP) is 3.76. The first-order valence-electron chi connectivity index (χ1n) is 5.97. The van der Waals surface area contributed by atoms with E-state index in [1.807, 2.05) is 0 Å². The highest BCUT2D eigenvalue weighted by Gasteiger charge is 2.05. The van der Waals surface area contributed by atoms with Gasteiger partial charge in [-0.15, -0.1) is 0 Å². The summed E-state index contributed by atoms with van der Waals surface area (Å²) < 4.78 is 0. The molecule has 1 heterocycles. The Hall–Kier alpha value is -0.830. The van der Waals surface area contributed by atoms with Crippen LogP contribution < -0.4 is 5.32 Å². The van der Waals surface area contributed by atoms with Crippen LogP contribution in [0.2, 0.25) is 5.15 Å². The van der Waals surface area contributed by atoms with Gasteiger partial charge in [-0.05, 0) is 12.3 Å². The van der Waals surface area contributed by atoms with E-state index in [1.165, 1.54) is 32.0 Å². The fourth-order valence-electron chi connectivity index (χ4n) is 1.62. The van der Waals surface area contributed by atoms with Gasteiger partial charge in [-0.25, -0.2) is 9.97 Å². The normalized spacial score (nSPS) is 12.4. The van der Waals surface area contributed by atoms with Gasteiger partial charge < -0.3 is 5.32 Å². The molecular formula is C12H20ClN3. The van der Waals surface area contributed by atoms with Crippen molar-refractivity contribution in [3.05, 3.63) is 17.5 Å². The molecule has 0 saturated carbocycles. The number of halogens is 1. The molecule has 0 amide bonds. The molecule has 0 radical (unpaired) electrons. The highest BCUT2D eigenvalue weighted by atomic mass is 35.5. The fourth-order valence-corrected chi connectivity index (χ4v) is 1.77. The summed E-state index contributed by atoms with van der Waals surface area (Å²) in [4.78, 5) is 7.97. The lowest BCUT2D eigenvalue weighted by Gasteiger charge is -2.15. The lowest BCUT2D eigenvalue weighted by molar-refractivity contribution is 0.472. The van der Waals surface area contributed by atoms with Crippen LogP contribution in [0.1, 0.15) is 39.5 Å². The van der Waals surface area contributed by atoms with Crippen LogP contribution in [0.4, 0.5) is 5.82 Å². The molecule has 1 N–H and O–H groups in total. The smallest absolute Gasteiger partial charge is 0.134 e. The van der Waals surface area contributed by atoms with E-state index in [1.54, 1.807) is 6.07 Å². The molecule has 1 aromatic rings. The molecule has 1 atom stereocenters. The Balaban J connectivity index is 2.37. The molecule has 1 rings (SSSR count). The minimum absolute atomic E-state index is 0.485. The molecule has 0 bridgehead atoms. The van der Waals surface area contributed by atoms with Crippen molar-refractivity contribution in [1.82, 2.24) is 9.97 Å². The van der Waals surface area contributed by atoms with E-state index in [0.29, 0.717) is 11.1 Å². The summed E-state index contributed by atoms with van der Waals surface area (Å²) in [7, 11) is 0. The Morgan fingerprint density at radius 3 is 2.81 bits per heavy atom. The minimum Gasteiger partial charge on any atom is -0.370 e. The van der Waals surface area contributed by atoms with Gasteiger partial charge in [0.2, 0.25) is 0 Å². The van der Waals surface area contributed by atoms with Crippen LogP contribution >= 0.6 is 11.6 Å². The third-order valence-corrected chi connectivity index (χ3v) is 2.96. The first-order valence-corrected chi connectivity index (χ1v) is 6.35. The Bertz CT molecular complexity index is 304. The van der Waals surface area contributed by atoms with Crippen molar-refractivity contribution in [2.75, 3.05) is 11.9 Å². The Morgan fingerprint density at radius 2 is 2.19 bits per heavy atom. The van der Waals surface area contributed by atoms with E-state index in [9.17, 15) is 0 Å². The third-order valence-electron chi connectivity index (χ3n) is 2.75. The molecule has 0 fully saturated rings. The minimum atomic E-state index is 0.485. The van der Waals surface area contributed by atoms with Gasteiger partial charge in [0.15, 0.2) is 0 Å². The van der Waals surface area contributed by atoms with Crippen molar-refractivity contribution in [1.29, 1.82) is 0 Å². The van der Waals surface area contributed by atoms with E-state index >= 15 is 0 Å². The first kappa shape index (κ1) is 13.2. The van der Waals surface area contributed by atoms with E-state index in [-0.39, 0.29) is 0 Å². The van der Waals surface area contributed by atoms with Crippen molar-refractivity contribution in [3.63, 3.8) is 0 Å². The van der Waals surface area contributed by atoms with Gasteiger partial charge in [0.25, 0.3) is 0 Å². The van der Waals surface area contributed by atoms with Crippen molar-refractivity contribution in [3.8, 4) is 0 Å². The van der Waals surface area contributed by atoms with Gasteiger partial charge in [-0.3, -0.25) is 0 Å². The summed E-state index contributed by atoms with van der Waals surface area (Å²) in [5, 5.41) is 3.80. The van der Waals surface area contributed by atoms with E-state index < -0.39 is 0 Å². The SMILES string of the molecule is CCCC[C@@H](CC)CNc1cc(Cl)ncn1. The van der Waals surface area contributed by atoms with Crippen molar-refractivity contribution < 1.29 is 0 Å². The predicted molar refractivity (Wildman–Crippen MR) is 68.8 cm³/mol. The van der Waals surface area contributed by atoms with Gasteiger partial charge in [0, 0.05) is 12.6 Å². The number of hydrogen-bond acceptors (Lipinski definition) is 3. The van der Waals surface area contributed by atoms with Crippen LogP contribution in [0, 0.1) is 5.92 Å². The van der Waals surface area contributed by atoms with Gasteiger partial charge in [0.05, 0.1) is 0 Å². The Kier molecular flexibility index (Phi) is 6.16. The maximum Gasteiger partial charge on any atom is 0.134 e. The van der Waals surface area contributed by atoms with Crippen LogP contribution in [0.25, 0.3) is 0 Å². The molecule has 90 valence electrons. The molecule has 4 heteroatoms. The highest BCUT2D eigenvalue weighted by Crippen LogP contribution is 2.14. The first-order chi connectivity index (χ1) is 7.76. The van der Waals surface area contributed by atoms with E-state index in [4.69, 9.17) is 11.6 Å². The van der Waals surface area contributed by atoms with Crippen molar-refractivity contribution in [2.45, 2.75) is 39.5 Å². The van der Waals surface area contributed by atoms with E-state index in [2.05, 4.69) is 29.1 Å². The summed E-state index contributed by atoms with van der Waals surface area (Å²) in [6, 6.07) is 1.76. The molecule has 0 unspecified atom stereocenters. The molecule has 1 aromatic heterocycles. The average molecular weight is 242 g/mol. The van der Waals surface area contributed by atoms with Crippen LogP contribution in [0.3, 0.4) is 0 Å². The maximum absolute atomic E-state index is 5.79. The largest absolute Gasteiger partial charge is 0.370 e. The number of nitrogens with zero attached hydrogens (tertiary/aromatic N) is 2. The summed E-state index contributed by atoms with van der Waals surface area (Å²) >= 11 is 5.79. The van der Waals surface area contributed by atoms with Crippen LogP contribution in [0.5, 0.6) is 0 Å². The van der Waals surface area contributed by atoms with Crippen LogP contribution in [-0.4, -0.2) is 16.5 Å². The summed E-state index contributed by atoms with van der Waals surface area (Å²) in [5.41, 5.74) is 0. The van der Waals surface area contributed by atoms with Gasteiger partial charge in [0.1, 0.15) is 17.3 Å². The average Bonchev–Trinajstić information content (AvgIpc) is 2.29. The van der Waals surface area contributed by atoms with Crippen LogP contribution in [-0.2, 0) is 0 Å². The molecular weight excluding hydrogens is 222 g/mol. The lowest BCUT2D eigenvalue weighted by Crippen LogP contribution is -2.14. The summed E-state index contributed by atoms with van der Waals surface area (Å²) in [6.45, 7) is 5.42. The Labute approximate surface area is 103 Å². The van der Waals surface area contributed by atoms with Gasteiger partial charge in [-0.2, -0.15) is 0 Å². The second kappa shape index (κ2) is 7.44. The number of hydrogen-bond donors (Lipinski definition) is 1. The highest BCUT2D eigenvalue weighted by molar-refractivity contribution is 6.29. The molecule has 0 aromatic carbocycles.